The van der Waals surface area contributed by atoms with Gasteiger partial charge in [-0.1, -0.05) is 0 Å². The maximum Gasteiger partial charge on any atom is 0.221 e. The Morgan fingerprint density at radius 1 is 1.29 bits per heavy atom. The Labute approximate surface area is 102 Å². The quantitative estimate of drug-likeness (QED) is 0.396. The maximum atomic E-state index is 7.83. The molecular weight excluding hydrogens is 216 g/mol. The van der Waals surface area contributed by atoms with Crippen molar-refractivity contribution in [1.82, 2.24) is 9.80 Å². The molecule has 2 aliphatic heterocycles. The van der Waals surface area contributed by atoms with Crippen molar-refractivity contribution in [2.24, 2.45) is 22.4 Å². The minimum atomic E-state index is -0.0297. The zero-order chi connectivity index (χ0) is 12.4. The second kappa shape index (κ2) is 4.91. The zero-order valence-electron chi connectivity index (χ0n) is 10.4. The molecule has 0 saturated carbocycles. The molecule has 2 fully saturated rings. The van der Waals surface area contributed by atoms with E-state index in [9.17, 15) is 0 Å². The number of rotatable bonds is 0. The first-order valence-electron chi connectivity index (χ1n) is 6.21. The van der Waals surface area contributed by atoms with E-state index in [0.717, 1.165) is 19.5 Å². The number of likely N-dealkylation sites (tertiary alicyclic amines) is 2. The Morgan fingerprint density at radius 3 is 2.76 bits per heavy atom. The van der Waals surface area contributed by atoms with Gasteiger partial charge in [0.2, 0.25) is 5.96 Å². The minimum absolute atomic E-state index is 0.0297. The highest BCUT2D eigenvalue weighted by atomic mass is 15.3. The number of hydrogen-bond acceptors (Lipinski definition) is 2. The van der Waals surface area contributed by atoms with E-state index in [1.807, 2.05) is 4.90 Å². The molecule has 96 valence electrons. The number of nitrogens with one attached hydrogen (secondary N) is 1. The summed E-state index contributed by atoms with van der Waals surface area (Å²) in [5.41, 5.74) is 10.6. The number of nitrogens with two attached hydrogens (primary N) is 2. The summed E-state index contributed by atoms with van der Waals surface area (Å²) >= 11 is 0. The van der Waals surface area contributed by atoms with Crippen LogP contribution in [0.5, 0.6) is 0 Å². The molecule has 6 heteroatoms. The van der Waals surface area contributed by atoms with E-state index in [1.54, 1.807) is 0 Å². The molecular formula is C11H22N6. The van der Waals surface area contributed by atoms with Crippen molar-refractivity contribution in [2.45, 2.75) is 25.3 Å². The smallest absolute Gasteiger partial charge is 0.221 e. The third-order valence-corrected chi connectivity index (χ3v) is 3.88. The SMILES string of the molecule is CN1CCCC2CN(C(=N)N=C(N)N)CCC21. The highest BCUT2D eigenvalue weighted by Crippen LogP contribution is 2.29. The van der Waals surface area contributed by atoms with E-state index in [4.69, 9.17) is 16.9 Å². The van der Waals surface area contributed by atoms with E-state index < -0.39 is 0 Å². The van der Waals surface area contributed by atoms with Gasteiger partial charge in [-0.25, -0.2) is 0 Å². The van der Waals surface area contributed by atoms with Crippen LogP contribution >= 0.6 is 0 Å². The summed E-state index contributed by atoms with van der Waals surface area (Å²) in [4.78, 5) is 8.27. The fraction of sp³-hybridized carbons (Fsp3) is 0.818. The molecule has 5 N–H and O–H groups in total. The molecule has 6 nitrogen and oxygen atoms in total. The fourth-order valence-corrected chi connectivity index (χ4v) is 3.04. The summed E-state index contributed by atoms with van der Waals surface area (Å²) in [5.74, 6) is 0.826. The second-order valence-corrected chi connectivity index (χ2v) is 5.05. The predicted octanol–water partition coefficient (Wildman–Crippen LogP) is -0.389. The molecule has 0 amide bonds. The van der Waals surface area contributed by atoms with Crippen molar-refractivity contribution in [1.29, 1.82) is 5.41 Å². The molecule has 0 aromatic rings. The van der Waals surface area contributed by atoms with Crippen LogP contribution in [0.25, 0.3) is 0 Å². The van der Waals surface area contributed by atoms with E-state index >= 15 is 0 Å². The van der Waals surface area contributed by atoms with E-state index in [-0.39, 0.29) is 11.9 Å². The number of aliphatic imine (C=N–C) groups is 1. The number of guanidine groups is 2. The normalized spacial score (nSPS) is 29.6. The van der Waals surface area contributed by atoms with Crippen molar-refractivity contribution in [3.8, 4) is 0 Å². The first kappa shape index (κ1) is 12.2. The third-order valence-electron chi connectivity index (χ3n) is 3.88. The molecule has 2 unspecified atom stereocenters. The first-order valence-corrected chi connectivity index (χ1v) is 6.21. The lowest BCUT2D eigenvalue weighted by Crippen LogP contribution is -2.53. The summed E-state index contributed by atoms with van der Waals surface area (Å²) in [5, 5.41) is 7.83. The largest absolute Gasteiger partial charge is 0.370 e. The summed E-state index contributed by atoms with van der Waals surface area (Å²) in [6.07, 6.45) is 3.60. The number of nitrogens with zero attached hydrogens (tertiary/aromatic N) is 3. The number of piperidine rings is 2. The van der Waals surface area contributed by atoms with Gasteiger partial charge in [-0.05, 0) is 38.8 Å². The molecule has 0 spiro atoms. The molecule has 2 heterocycles. The summed E-state index contributed by atoms with van der Waals surface area (Å²) in [6.45, 7) is 2.98. The molecule has 2 aliphatic rings. The van der Waals surface area contributed by atoms with Crippen molar-refractivity contribution in [2.75, 3.05) is 26.7 Å². The minimum Gasteiger partial charge on any atom is -0.370 e. The van der Waals surface area contributed by atoms with Crippen LogP contribution in [0.1, 0.15) is 19.3 Å². The predicted molar refractivity (Wildman–Crippen MR) is 68.9 cm³/mol. The van der Waals surface area contributed by atoms with Crippen molar-refractivity contribution in [3.05, 3.63) is 0 Å². The van der Waals surface area contributed by atoms with Crippen LogP contribution in [0.15, 0.2) is 4.99 Å². The van der Waals surface area contributed by atoms with Crippen molar-refractivity contribution >= 4 is 11.9 Å². The van der Waals surface area contributed by atoms with Gasteiger partial charge >= 0.3 is 0 Å². The Kier molecular flexibility index (Phi) is 3.51. The lowest BCUT2D eigenvalue weighted by molar-refractivity contribution is 0.0626. The first-order chi connectivity index (χ1) is 8.08. The van der Waals surface area contributed by atoms with Gasteiger partial charge in [0, 0.05) is 19.1 Å². The van der Waals surface area contributed by atoms with Gasteiger partial charge in [0.25, 0.3) is 0 Å². The molecule has 0 bridgehead atoms. The van der Waals surface area contributed by atoms with Crippen molar-refractivity contribution in [3.63, 3.8) is 0 Å². The molecule has 2 rings (SSSR count). The van der Waals surface area contributed by atoms with Crippen LogP contribution < -0.4 is 11.5 Å². The van der Waals surface area contributed by atoms with Crippen LogP contribution in [0.3, 0.4) is 0 Å². The molecule has 17 heavy (non-hydrogen) atoms. The average Bonchev–Trinajstić information content (AvgIpc) is 2.28. The van der Waals surface area contributed by atoms with Crippen LogP contribution in [0.4, 0.5) is 0 Å². The van der Waals surface area contributed by atoms with E-state index in [1.165, 1.54) is 19.4 Å². The number of fused-ring (bicyclic) bond motifs is 1. The van der Waals surface area contributed by atoms with E-state index in [0.29, 0.717) is 12.0 Å². The van der Waals surface area contributed by atoms with Gasteiger partial charge < -0.3 is 21.3 Å². The van der Waals surface area contributed by atoms with Gasteiger partial charge in [0.15, 0.2) is 5.96 Å². The molecule has 0 radical (unpaired) electrons. The molecule has 0 aromatic heterocycles. The Balaban J connectivity index is 1.98. The molecule has 0 aromatic carbocycles. The topological polar surface area (TPSA) is 94.7 Å². The Hall–Kier alpha value is -1.30. The number of hydrogen-bond donors (Lipinski definition) is 3. The van der Waals surface area contributed by atoms with Crippen LogP contribution in [-0.2, 0) is 0 Å². The van der Waals surface area contributed by atoms with Gasteiger partial charge in [-0.2, -0.15) is 4.99 Å². The average molecular weight is 238 g/mol. The van der Waals surface area contributed by atoms with Crippen LogP contribution in [0.2, 0.25) is 0 Å². The summed E-state index contributed by atoms with van der Waals surface area (Å²) < 4.78 is 0. The highest BCUT2D eigenvalue weighted by molar-refractivity contribution is 5.91. The van der Waals surface area contributed by atoms with Crippen LogP contribution in [-0.4, -0.2) is 54.4 Å². The Bertz CT molecular complexity index is 322. The van der Waals surface area contributed by atoms with Crippen LogP contribution in [0, 0.1) is 11.3 Å². The van der Waals surface area contributed by atoms with Crippen molar-refractivity contribution < 1.29 is 0 Å². The maximum absolute atomic E-state index is 7.83. The molecule has 2 atom stereocenters. The fourth-order valence-electron chi connectivity index (χ4n) is 3.04. The Morgan fingerprint density at radius 2 is 2.06 bits per heavy atom. The van der Waals surface area contributed by atoms with Gasteiger partial charge in [0.05, 0.1) is 0 Å². The van der Waals surface area contributed by atoms with E-state index in [2.05, 4.69) is 16.9 Å². The standard InChI is InChI=1S/C11H22N6/c1-16-5-2-3-8-7-17(6-4-9(8)16)11(14)15-10(12)13/h8-9H,2-7H2,1H3,(H5,12,13,14,15). The van der Waals surface area contributed by atoms with Gasteiger partial charge in [-0.15, -0.1) is 0 Å². The van der Waals surface area contributed by atoms with Gasteiger partial charge in [-0.3, -0.25) is 5.41 Å². The molecule has 2 saturated heterocycles. The summed E-state index contributed by atoms with van der Waals surface area (Å²) in [6, 6.07) is 0.673. The third kappa shape index (κ3) is 2.69. The summed E-state index contributed by atoms with van der Waals surface area (Å²) in [7, 11) is 2.20. The molecule has 0 aliphatic carbocycles. The monoisotopic (exact) mass is 238 g/mol. The zero-order valence-corrected chi connectivity index (χ0v) is 10.4. The second-order valence-electron chi connectivity index (χ2n) is 5.05. The highest BCUT2D eigenvalue weighted by Gasteiger charge is 2.34. The lowest BCUT2D eigenvalue weighted by Gasteiger charge is -2.46. The lowest BCUT2D eigenvalue weighted by atomic mass is 9.84. The van der Waals surface area contributed by atoms with Gasteiger partial charge in [0.1, 0.15) is 0 Å².